The highest BCUT2D eigenvalue weighted by Gasteiger charge is 2.54. The number of anilines is 1. The van der Waals surface area contributed by atoms with Crippen LogP contribution in [0.5, 0.6) is 0 Å². The van der Waals surface area contributed by atoms with Gasteiger partial charge in [-0.3, -0.25) is 23.3 Å². The van der Waals surface area contributed by atoms with Crippen molar-refractivity contribution in [2.75, 3.05) is 24.5 Å². The molecule has 11 nitrogen and oxygen atoms in total. The van der Waals surface area contributed by atoms with Crippen LogP contribution in [-0.2, 0) is 35.9 Å². The Bertz CT molecular complexity index is 1960. The van der Waals surface area contributed by atoms with Crippen molar-refractivity contribution in [3.05, 3.63) is 56.2 Å². The minimum atomic E-state index is -5.08. The quantitative estimate of drug-likeness (QED) is 0.363. The Hall–Kier alpha value is -4.15. The molecule has 6 fully saturated rings. The number of carboxylic acid groups (broad SMARTS) is 1. The molecule has 276 valence electrons. The van der Waals surface area contributed by atoms with Crippen LogP contribution < -0.4 is 21.5 Å². The molecule has 4 bridgehead atoms. The fourth-order valence-electron chi connectivity index (χ4n) is 9.76. The van der Waals surface area contributed by atoms with Gasteiger partial charge in [-0.05, 0) is 86.3 Å². The summed E-state index contributed by atoms with van der Waals surface area (Å²) < 4.78 is 76.6. The molecule has 3 aromatic rings. The molecule has 2 saturated heterocycles. The van der Waals surface area contributed by atoms with Crippen molar-refractivity contribution >= 4 is 28.9 Å². The fraction of sp³-hybridized carbons (Fsp3) is 0.618. The molecule has 17 heteroatoms. The topological polar surface area (TPSA) is 131 Å². The normalized spacial score (nSPS) is 28.2. The number of rotatable bonds is 6. The summed E-state index contributed by atoms with van der Waals surface area (Å²) in [6.45, 7) is 1.96. The summed E-state index contributed by atoms with van der Waals surface area (Å²) in [5.74, 6) is -0.318. The fourth-order valence-corrected chi connectivity index (χ4v) is 9.76. The Morgan fingerprint density at radius 2 is 1.61 bits per heavy atom. The smallest absolute Gasteiger partial charge is 0.475 e. The zero-order valence-corrected chi connectivity index (χ0v) is 27.8. The van der Waals surface area contributed by atoms with Gasteiger partial charge in [0.25, 0.3) is 5.56 Å². The van der Waals surface area contributed by atoms with E-state index in [2.05, 4.69) is 10.2 Å². The van der Waals surface area contributed by atoms with Crippen molar-refractivity contribution in [1.29, 1.82) is 0 Å². The lowest BCUT2D eigenvalue weighted by Gasteiger charge is -2.56. The molecule has 2 unspecified atom stereocenters. The number of benzene rings is 1. The predicted octanol–water partition coefficient (Wildman–Crippen LogP) is 4.18. The monoisotopic (exact) mass is 724 g/mol. The van der Waals surface area contributed by atoms with E-state index in [-0.39, 0.29) is 36.1 Å². The number of halogens is 6. The molecule has 4 heterocycles. The number of fused-ring (bicyclic) bond motifs is 2. The number of aryl methyl sites for hydroxylation is 1. The van der Waals surface area contributed by atoms with Crippen LogP contribution in [0.3, 0.4) is 0 Å². The number of imidazole rings is 1. The van der Waals surface area contributed by atoms with Crippen molar-refractivity contribution in [2.24, 2.45) is 36.1 Å². The molecule has 9 rings (SSSR count). The van der Waals surface area contributed by atoms with Crippen molar-refractivity contribution in [1.82, 2.24) is 24.0 Å². The van der Waals surface area contributed by atoms with Crippen LogP contribution in [0.4, 0.5) is 32.3 Å². The zero-order valence-electron chi connectivity index (χ0n) is 27.8. The summed E-state index contributed by atoms with van der Waals surface area (Å²) in [5.41, 5.74) is -1.79. The van der Waals surface area contributed by atoms with E-state index in [1.165, 1.54) is 29.9 Å². The van der Waals surface area contributed by atoms with Crippen LogP contribution >= 0.6 is 0 Å². The van der Waals surface area contributed by atoms with Gasteiger partial charge >= 0.3 is 24.0 Å². The van der Waals surface area contributed by atoms with Crippen molar-refractivity contribution in [3.8, 4) is 0 Å². The van der Waals surface area contributed by atoms with E-state index in [4.69, 9.17) is 14.9 Å². The predicted molar refractivity (Wildman–Crippen MR) is 171 cm³/mol. The first-order chi connectivity index (χ1) is 23.9. The number of carbonyl (C=O) groups is 2. The molecule has 0 spiro atoms. The van der Waals surface area contributed by atoms with Crippen LogP contribution in [0.1, 0.15) is 56.1 Å². The number of aliphatic carboxylic acids is 1. The summed E-state index contributed by atoms with van der Waals surface area (Å²) in [7, 11) is 1.55. The van der Waals surface area contributed by atoms with Gasteiger partial charge in [0, 0.05) is 38.1 Å². The van der Waals surface area contributed by atoms with Crippen LogP contribution in [0.25, 0.3) is 11.2 Å². The average molecular weight is 725 g/mol. The molecule has 51 heavy (non-hydrogen) atoms. The van der Waals surface area contributed by atoms with Crippen LogP contribution in [0.15, 0.2) is 33.9 Å². The number of carboxylic acids is 1. The van der Waals surface area contributed by atoms with Gasteiger partial charge in [-0.1, -0.05) is 12.1 Å². The number of nitrogens with zero attached hydrogens (tertiary/aromatic N) is 5. The second-order valence-corrected chi connectivity index (χ2v) is 15.0. The second kappa shape index (κ2) is 12.5. The largest absolute Gasteiger partial charge is 0.490 e. The minimum Gasteiger partial charge on any atom is -0.475 e. The lowest BCUT2D eigenvalue weighted by atomic mass is 9.48. The van der Waals surface area contributed by atoms with Gasteiger partial charge in [0.05, 0.1) is 18.7 Å². The van der Waals surface area contributed by atoms with Crippen molar-refractivity contribution < 1.29 is 41.0 Å². The molecule has 6 aliphatic rings. The molecule has 2 N–H and O–H groups in total. The van der Waals surface area contributed by atoms with Crippen LogP contribution in [-0.4, -0.2) is 67.4 Å². The van der Waals surface area contributed by atoms with Crippen molar-refractivity contribution in [3.63, 3.8) is 0 Å². The lowest BCUT2D eigenvalue weighted by Crippen LogP contribution is -2.52. The number of aromatic nitrogens is 4. The SMILES string of the molecule is Cn1c(=O)n(CC(=O)C23CC4CC(CC(C4)C2)C3)c(=O)c2c1nc(N1CCC3CNCC31)n2Cc1cccc(C(F)(F)F)c1.O=C(O)C(F)(F)F. The molecule has 0 radical (unpaired) electrons. The summed E-state index contributed by atoms with van der Waals surface area (Å²) in [5, 5.41) is 10.5. The maximum atomic E-state index is 14.3. The molecule has 4 saturated carbocycles. The summed E-state index contributed by atoms with van der Waals surface area (Å²) >= 11 is 0. The Morgan fingerprint density at radius 3 is 2.20 bits per heavy atom. The van der Waals surface area contributed by atoms with Crippen LogP contribution in [0, 0.1) is 29.1 Å². The number of hydrogen-bond donors (Lipinski definition) is 2. The number of nitrogens with one attached hydrogen (secondary N) is 1. The third-order valence-electron chi connectivity index (χ3n) is 11.7. The summed E-state index contributed by atoms with van der Waals surface area (Å²) in [6.07, 6.45) is -2.66. The number of carbonyl (C=O) groups excluding carboxylic acids is 1. The maximum Gasteiger partial charge on any atom is 0.490 e. The van der Waals surface area contributed by atoms with Crippen LogP contribution in [0.2, 0.25) is 0 Å². The first-order valence-electron chi connectivity index (χ1n) is 17.1. The van der Waals surface area contributed by atoms with Gasteiger partial charge in [-0.15, -0.1) is 0 Å². The molecular formula is C34H38F6N6O5. The highest BCUT2D eigenvalue weighted by molar-refractivity contribution is 5.85. The third kappa shape index (κ3) is 6.35. The first-order valence-corrected chi connectivity index (χ1v) is 17.1. The van der Waals surface area contributed by atoms with E-state index >= 15 is 0 Å². The number of ketones is 1. The maximum absolute atomic E-state index is 14.3. The minimum absolute atomic E-state index is 0.0343. The third-order valence-corrected chi connectivity index (χ3v) is 11.7. The molecular weight excluding hydrogens is 686 g/mol. The highest BCUT2D eigenvalue weighted by Crippen LogP contribution is 2.60. The summed E-state index contributed by atoms with van der Waals surface area (Å²) in [4.78, 5) is 57.8. The standard InChI is InChI=1S/C32H37F3N6O3.C2HF3O2/c1-38-27-26(28(43)41(30(38)44)17-25(42)31-11-19-7-20(12-31)9-21(8-19)13-31)40(16-18-3-2-4-23(10-18)32(33,34)35)29(37-27)39-6-5-22-14-36-15-24(22)39;3-2(4,5)1(6)7/h2-4,10,19-22,24,36H,5-9,11-17H2,1H3;(H,6,7). The molecule has 4 aliphatic carbocycles. The zero-order chi connectivity index (χ0) is 36.6. The van der Waals surface area contributed by atoms with Gasteiger partial charge in [0.2, 0.25) is 5.95 Å². The molecule has 2 aliphatic heterocycles. The van der Waals surface area contributed by atoms with E-state index < -0.39 is 40.5 Å². The second-order valence-electron chi connectivity index (χ2n) is 15.0. The van der Waals surface area contributed by atoms with E-state index in [0.717, 1.165) is 55.5 Å². The average Bonchev–Trinajstić information content (AvgIpc) is 3.76. The van der Waals surface area contributed by atoms with Gasteiger partial charge in [0.1, 0.15) is 0 Å². The first kappa shape index (κ1) is 35.3. The number of alkyl halides is 6. The molecule has 1 aromatic carbocycles. The van der Waals surface area contributed by atoms with Gasteiger partial charge in [-0.25, -0.2) is 9.59 Å². The highest BCUT2D eigenvalue weighted by atomic mass is 19.4. The van der Waals surface area contributed by atoms with E-state index in [1.54, 1.807) is 17.7 Å². The van der Waals surface area contributed by atoms with Crippen molar-refractivity contribution in [2.45, 2.75) is 76.4 Å². The van der Waals surface area contributed by atoms with E-state index in [1.807, 2.05) is 0 Å². The molecule has 0 amide bonds. The van der Waals surface area contributed by atoms with E-state index in [0.29, 0.717) is 41.7 Å². The molecule has 2 aromatic heterocycles. The lowest BCUT2D eigenvalue weighted by molar-refractivity contribution is -0.192. The Kier molecular flexibility index (Phi) is 8.65. The number of Topliss-reactive ketones (excluding diaryl/α,β-unsaturated/α-hetero) is 1. The molecule has 2 atom stereocenters. The van der Waals surface area contributed by atoms with Gasteiger partial charge < -0.3 is 15.3 Å². The Morgan fingerprint density at radius 1 is 0.980 bits per heavy atom. The Balaban J connectivity index is 0.000000529. The van der Waals surface area contributed by atoms with Gasteiger partial charge in [-0.2, -0.15) is 31.3 Å². The number of hydrogen-bond acceptors (Lipinski definition) is 7. The van der Waals surface area contributed by atoms with E-state index in [9.17, 15) is 40.7 Å². The summed E-state index contributed by atoms with van der Waals surface area (Å²) in [6, 6.07) is 5.21. The Labute approximate surface area is 287 Å². The van der Waals surface area contributed by atoms with Gasteiger partial charge in [0.15, 0.2) is 16.9 Å².